The summed E-state index contributed by atoms with van der Waals surface area (Å²) in [7, 11) is 0. The maximum atomic E-state index is 15.0. The Labute approximate surface area is 298 Å². The summed E-state index contributed by atoms with van der Waals surface area (Å²) in [4.78, 5) is 26.8. The van der Waals surface area contributed by atoms with Crippen molar-refractivity contribution >= 4 is 22.5 Å². The molecule has 270 valence electrons. The zero-order valence-corrected chi connectivity index (χ0v) is 29.3. The smallest absolute Gasteiger partial charge is 0.318 e. The van der Waals surface area contributed by atoms with Crippen LogP contribution in [0.25, 0.3) is 10.8 Å². The van der Waals surface area contributed by atoms with Gasteiger partial charge in [-0.3, -0.25) is 9.69 Å². The van der Waals surface area contributed by atoms with Gasteiger partial charge in [0.15, 0.2) is 0 Å². The van der Waals surface area contributed by atoms with Crippen molar-refractivity contribution in [3.8, 4) is 24.1 Å². The van der Waals surface area contributed by atoms with Gasteiger partial charge in [0, 0.05) is 62.3 Å². The number of carbonyl (C=O) groups excluding carboxylic acids is 1. The van der Waals surface area contributed by atoms with Crippen molar-refractivity contribution in [3.63, 3.8) is 0 Å². The Bertz CT molecular complexity index is 1840. The van der Waals surface area contributed by atoms with Crippen molar-refractivity contribution in [1.82, 2.24) is 20.2 Å². The lowest BCUT2D eigenvalue weighted by atomic mass is 9.79. The summed E-state index contributed by atoms with van der Waals surface area (Å²) in [6.07, 6.45) is 12.8. The lowest BCUT2D eigenvalue weighted by Gasteiger charge is -2.41. The van der Waals surface area contributed by atoms with Gasteiger partial charge in [0.1, 0.15) is 30.2 Å². The minimum absolute atomic E-state index is 0.0769. The summed E-state index contributed by atoms with van der Waals surface area (Å²) < 4.78 is 42.1. The average Bonchev–Trinajstić information content (AvgIpc) is 3.27. The Hall–Kier alpha value is -4.27. The largest absolute Gasteiger partial charge is 0.508 e. The molecule has 4 atom stereocenters. The highest BCUT2D eigenvalue weighted by atomic mass is 19.1. The number of nitrogens with one attached hydrogen (secondary N) is 1. The average molecular weight is 700 g/mol. The summed E-state index contributed by atoms with van der Waals surface area (Å²) in [5, 5.41) is 15.1. The number of carbonyl (C=O) groups is 1. The monoisotopic (exact) mass is 699 g/mol. The number of amides is 1. The number of aromatic hydroxyl groups is 1. The molecular formula is C40H47F2N5O4. The Balaban J connectivity index is 1.24. The molecule has 1 unspecified atom stereocenters. The van der Waals surface area contributed by atoms with Crippen molar-refractivity contribution in [2.24, 2.45) is 0 Å². The number of terminal acetylenes is 1. The molecule has 11 heteroatoms. The summed E-state index contributed by atoms with van der Waals surface area (Å²) in [5.41, 5.74) is 2.26. The van der Waals surface area contributed by atoms with Gasteiger partial charge in [0.2, 0.25) is 5.91 Å². The number of ether oxygens (including phenoxy) is 2. The van der Waals surface area contributed by atoms with Crippen LogP contribution in [0.15, 0.2) is 36.9 Å². The van der Waals surface area contributed by atoms with E-state index < -0.39 is 17.5 Å². The van der Waals surface area contributed by atoms with E-state index in [-0.39, 0.29) is 47.8 Å². The number of hydrogen-bond donors (Lipinski definition) is 2. The number of phenols is 1. The van der Waals surface area contributed by atoms with E-state index in [4.69, 9.17) is 25.9 Å². The van der Waals surface area contributed by atoms with E-state index in [0.29, 0.717) is 62.8 Å². The standard InChI is InChI=1S/C40H47F2N5O4/c1-4-31-34(42)12-10-26-18-30(48)20-33(37(26)31)25-9-11-32-35(19-25)44-39(45-38(32)46-15-7-6-8-28(23-46)43-36(49)5-2)51-24-40(3)21-27(41)22-47(40)29-13-16-50-17-14-29/h1,5,10,12,18,20,25,27-29,48H,2,6-9,11,13-17,19,21-24H2,3H3,(H,43,49)/t25-,27-,28?,40+/m1/s1. The lowest BCUT2D eigenvalue weighted by Crippen LogP contribution is -2.52. The van der Waals surface area contributed by atoms with Crippen molar-refractivity contribution in [3.05, 3.63) is 65.1 Å². The van der Waals surface area contributed by atoms with Gasteiger partial charge >= 0.3 is 6.01 Å². The fourth-order valence-electron chi connectivity index (χ4n) is 8.84. The van der Waals surface area contributed by atoms with Crippen molar-refractivity contribution < 1.29 is 28.2 Å². The second kappa shape index (κ2) is 14.8. The molecule has 0 bridgehead atoms. The molecule has 4 heterocycles. The maximum Gasteiger partial charge on any atom is 0.318 e. The third-order valence-electron chi connectivity index (χ3n) is 11.3. The van der Waals surface area contributed by atoms with Crippen molar-refractivity contribution in [2.45, 2.75) is 94.4 Å². The normalized spacial score (nSPS) is 25.9. The number of fused-ring (bicyclic) bond motifs is 2. The number of anilines is 1. The number of phenolic OH excluding ortho intramolecular Hbond substituents is 1. The van der Waals surface area contributed by atoms with Gasteiger partial charge in [-0.05, 0) is 99.4 Å². The molecule has 0 saturated carbocycles. The van der Waals surface area contributed by atoms with Crippen molar-refractivity contribution in [2.75, 3.05) is 44.4 Å². The summed E-state index contributed by atoms with van der Waals surface area (Å²) >= 11 is 0. The van der Waals surface area contributed by atoms with Gasteiger partial charge in [0.05, 0.1) is 16.8 Å². The number of alkyl halides is 1. The predicted octanol–water partition coefficient (Wildman–Crippen LogP) is 5.75. The van der Waals surface area contributed by atoms with E-state index in [0.717, 1.165) is 61.3 Å². The highest BCUT2D eigenvalue weighted by Gasteiger charge is 2.46. The van der Waals surface area contributed by atoms with E-state index in [1.807, 2.05) is 0 Å². The van der Waals surface area contributed by atoms with Gasteiger partial charge in [-0.15, -0.1) is 6.42 Å². The Morgan fingerprint density at radius 1 is 1.22 bits per heavy atom. The van der Waals surface area contributed by atoms with E-state index in [2.05, 4.69) is 34.5 Å². The summed E-state index contributed by atoms with van der Waals surface area (Å²) in [6, 6.07) is 6.66. The number of benzene rings is 2. The van der Waals surface area contributed by atoms with Gasteiger partial charge in [-0.25, -0.2) is 8.78 Å². The fourth-order valence-corrected chi connectivity index (χ4v) is 8.84. The molecule has 1 aliphatic carbocycles. The quantitative estimate of drug-likeness (QED) is 0.227. The number of aromatic nitrogens is 2. The van der Waals surface area contributed by atoms with E-state index in [1.165, 1.54) is 12.1 Å². The molecule has 7 rings (SSSR count). The number of likely N-dealkylation sites (tertiary alicyclic amines) is 1. The molecule has 0 spiro atoms. The first-order valence-corrected chi connectivity index (χ1v) is 18.3. The van der Waals surface area contributed by atoms with Crippen LogP contribution in [0.3, 0.4) is 0 Å². The molecular weight excluding hydrogens is 652 g/mol. The highest BCUT2D eigenvalue weighted by molar-refractivity contribution is 5.93. The predicted molar refractivity (Wildman–Crippen MR) is 192 cm³/mol. The lowest BCUT2D eigenvalue weighted by molar-refractivity contribution is -0.117. The molecule has 2 N–H and O–H groups in total. The molecule has 2 aromatic carbocycles. The van der Waals surface area contributed by atoms with Crippen LogP contribution in [0, 0.1) is 18.2 Å². The van der Waals surface area contributed by atoms with Crippen LogP contribution in [0.4, 0.5) is 14.6 Å². The van der Waals surface area contributed by atoms with Crippen LogP contribution in [0.5, 0.6) is 11.8 Å². The first-order valence-electron chi connectivity index (χ1n) is 18.3. The molecule has 4 aliphatic rings. The van der Waals surface area contributed by atoms with E-state index in [9.17, 15) is 14.3 Å². The number of hydrogen-bond acceptors (Lipinski definition) is 8. The number of rotatable bonds is 8. The van der Waals surface area contributed by atoms with Crippen LogP contribution in [0.1, 0.15) is 80.2 Å². The maximum absolute atomic E-state index is 15.0. The number of nitrogens with zero attached hydrogens (tertiary/aromatic N) is 4. The number of halogens is 2. The van der Waals surface area contributed by atoms with Crippen LogP contribution >= 0.6 is 0 Å². The van der Waals surface area contributed by atoms with Gasteiger partial charge in [-0.1, -0.05) is 18.6 Å². The van der Waals surface area contributed by atoms with Crippen LogP contribution in [0.2, 0.25) is 0 Å². The van der Waals surface area contributed by atoms with Gasteiger partial charge < -0.3 is 24.8 Å². The zero-order chi connectivity index (χ0) is 35.7. The molecule has 3 aliphatic heterocycles. The second-order valence-electron chi connectivity index (χ2n) is 14.8. The topological polar surface area (TPSA) is 100 Å². The summed E-state index contributed by atoms with van der Waals surface area (Å²) in [5.74, 6) is 2.63. The van der Waals surface area contributed by atoms with Crippen LogP contribution in [-0.4, -0.2) is 89.1 Å². The molecule has 3 aromatic rings. The van der Waals surface area contributed by atoms with Crippen LogP contribution < -0.4 is 15.0 Å². The van der Waals surface area contributed by atoms with E-state index >= 15 is 4.39 Å². The molecule has 0 radical (unpaired) electrons. The Morgan fingerprint density at radius 3 is 2.82 bits per heavy atom. The first-order chi connectivity index (χ1) is 24.7. The first kappa shape index (κ1) is 35.1. The SMILES string of the molecule is C#Cc1c(F)ccc2cc(O)cc([C@@H]3CCc4c(nc(OC[C@]5(C)C[C@@H](F)CN5C5CCOCC5)nc4N4CCCCC(NC(=O)C=C)C4)C3)c12. The molecule has 9 nitrogen and oxygen atoms in total. The highest BCUT2D eigenvalue weighted by Crippen LogP contribution is 2.42. The molecule has 3 saturated heterocycles. The third-order valence-corrected chi connectivity index (χ3v) is 11.3. The molecule has 1 aromatic heterocycles. The molecule has 51 heavy (non-hydrogen) atoms. The summed E-state index contributed by atoms with van der Waals surface area (Å²) in [6.45, 7) is 8.95. The van der Waals surface area contributed by atoms with Crippen molar-refractivity contribution in [1.29, 1.82) is 0 Å². The van der Waals surface area contributed by atoms with Gasteiger partial charge in [-0.2, -0.15) is 9.97 Å². The van der Waals surface area contributed by atoms with Crippen LogP contribution in [-0.2, 0) is 22.4 Å². The second-order valence-corrected chi connectivity index (χ2v) is 14.8. The minimum atomic E-state index is -0.947. The molecule has 1 amide bonds. The fraction of sp³-hybridized carbons (Fsp3) is 0.525. The Kier molecular flexibility index (Phi) is 10.2. The third kappa shape index (κ3) is 7.26. The van der Waals surface area contributed by atoms with E-state index in [1.54, 1.807) is 18.2 Å². The molecule has 3 fully saturated rings. The van der Waals surface area contributed by atoms with Gasteiger partial charge in [0.25, 0.3) is 0 Å². The minimum Gasteiger partial charge on any atom is -0.508 e. The zero-order valence-electron chi connectivity index (χ0n) is 29.3. The Morgan fingerprint density at radius 2 is 2.04 bits per heavy atom.